The van der Waals surface area contributed by atoms with Gasteiger partial charge in [0.05, 0.1) is 6.04 Å². The number of aliphatic hydroxyl groups excluding tert-OH is 1. The topological polar surface area (TPSA) is 125 Å². The van der Waals surface area contributed by atoms with E-state index in [1.165, 1.54) is 24.3 Å². The van der Waals surface area contributed by atoms with Crippen LogP contribution in [0.1, 0.15) is 60.6 Å². The fourth-order valence-electron chi connectivity index (χ4n) is 4.57. The number of alkyl halides is 3. The molecule has 0 bridgehead atoms. The van der Waals surface area contributed by atoms with Crippen molar-refractivity contribution in [1.29, 1.82) is 0 Å². The van der Waals surface area contributed by atoms with Crippen LogP contribution in [0.4, 0.5) is 17.6 Å². The molecule has 0 aromatic heterocycles. The Labute approximate surface area is 240 Å². The maximum atomic E-state index is 13.0. The summed E-state index contributed by atoms with van der Waals surface area (Å²) in [5.41, 5.74) is 1.15. The predicted octanol–water partition coefficient (Wildman–Crippen LogP) is 4.29. The molecule has 0 spiro atoms. The van der Waals surface area contributed by atoms with Crippen LogP contribution in [-0.2, 0) is 9.59 Å². The number of carboxylic acids is 1. The van der Waals surface area contributed by atoms with E-state index in [4.69, 9.17) is 19.4 Å². The fourth-order valence-corrected chi connectivity index (χ4v) is 4.57. The van der Waals surface area contributed by atoms with Gasteiger partial charge in [-0.25, -0.2) is 9.18 Å². The molecular formula is C29H34F4N2O7. The Kier molecular flexibility index (Phi) is 12.1. The number of likely N-dealkylation sites (tertiary alicyclic amines) is 1. The number of unbranched alkanes of at least 4 members (excludes halogenated alkanes) is 1. The van der Waals surface area contributed by atoms with E-state index in [0.717, 1.165) is 25.9 Å². The number of carbonyl (C=O) groups is 3. The van der Waals surface area contributed by atoms with Gasteiger partial charge in [-0.15, -0.1) is 0 Å². The highest BCUT2D eigenvalue weighted by Crippen LogP contribution is 2.33. The summed E-state index contributed by atoms with van der Waals surface area (Å²) in [4.78, 5) is 36.1. The SMILES string of the molecule is O=C(CCCCC(=O)c1ccc(F)cc1)N[C@H](CN1CCCC1)[C@H](O)c1ccc2c(c1)OCCO2.O=C(O)C(F)(F)F. The normalized spacial score (nSPS) is 16.1. The molecule has 13 heteroatoms. The molecule has 42 heavy (non-hydrogen) atoms. The molecule has 0 aliphatic carbocycles. The lowest BCUT2D eigenvalue weighted by Gasteiger charge is -2.29. The molecule has 1 saturated heterocycles. The predicted molar refractivity (Wildman–Crippen MR) is 143 cm³/mol. The van der Waals surface area contributed by atoms with Crippen LogP contribution in [-0.4, -0.2) is 77.8 Å². The zero-order valence-electron chi connectivity index (χ0n) is 22.9. The molecule has 2 aliphatic rings. The summed E-state index contributed by atoms with van der Waals surface area (Å²) in [5.74, 6) is -2.09. The van der Waals surface area contributed by atoms with Crippen LogP contribution in [0.2, 0.25) is 0 Å². The maximum absolute atomic E-state index is 13.0. The second-order valence-electron chi connectivity index (χ2n) is 9.97. The molecule has 9 nitrogen and oxygen atoms in total. The first-order valence-electron chi connectivity index (χ1n) is 13.6. The van der Waals surface area contributed by atoms with Crippen molar-refractivity contribution in [3.8, 4) is 11.5 Å². The standard InChI is InChI=1S/C27H33FN2O5.C2HF3O2/c28-21-10-7-19(8-11-21)23(31)5-1-2-6-26(32)29-22(18-30-13-3-4-14-30)27(33)20-9-12-24-25(17-20)35-16-15-34-24;3-2(4,5)1(6)7/h7-12,17,22,27,33H,1-6,13-16,18H2,(H,29,32);(H,6,7)/t22-,27-;/m1./s1. The lowest BCUT2D eigenvalue weighted by Crippen LogP contribution is -2.46. The van der Waals surface area contributed by atoms with Crippen molar-refractivity contribution in [1.82, 2.24) is 10.2 Å². The number of Topliss-reactive ketones (excluding diaryl/α,β-unsaturated/α-hetero) is 1. The van der Waals surface area contributed by atoms with Crippen LogP contribution in [0, 0.1) is 5.82 Å². The summed E-state index contributed by atoms with van der Waals surface area (Å²) in [7, 11) is 0. The van der Waals surface area contributed by atoms with Gasteiger partial charge in [-0.3, -0.25) is 9.59 Å². The molecule has 0 unspecified atom stereocenters. The summed E-state index contributed by atoms with van der Waals surface area (Å²) in [6.45, 7) is 3.42. The lowest BCUT2D eigenvalue weighted by molar-refractivity contribution is -0.192. The number of aliphatic hydroxyl groups is 1. The molecule has 0 radical (unpaired) electrons. The smallest absolute Gasteiger partial charge is 0.486 e. The summed E-state index contributed by atoms with van der Waals surface area (Å²) in [6, 6.07) is 10.4. The van der Waals surface area contributed by atoms with Crippen LogP contribution < -0.4 is 14.8 Å². The summed E-state index contributed by atoms with van der Waals surface area (Å²) in [5, 5.41) is 21.3. The number of carboxylic acid groups (broad SMARTS) is 1. The number of nitrogens with one attached hydrogen (secondary N) is 1. The van der Waals surface area contributed by atoms with E-state index in [1.807, 2.05) is 6.07 Å². The average Bonchev–Trinajstić information content (AvgIpc) is 3.47. The number of amides is 1. The quantitative estimate of drug-likeness (QED) is 0.199. The number of carbonyl (C=O) groups excluding carboxylic acids is 2. The molecule has 1 fully saturated rings. The average molecular weight is 599 g/mol. The maximum Gasteiger partial charge on any atom is 0.490 e. The Bertz CT molecular complexity index is 1200. The van der Waals surface area contributed by atoms with Gasteiger partial charge in [-0.05, 0) is 80.7 Å². The zero-order valence-corrected chi connectivity index (χ0v) is 22.9. The van der Waals surface area contributed by atoms with Gasteiger partial charge in [-0.2, -0.15) is 13.2 Å². The molecule has 0 saturated carbocycles. The van der Waals surface area contributed by atoms with Gasteiger partial charge < -0.3 is 29.9 Å². The first-order chi connectivity index (χ1) is 19.9. The third-order valence-corrected chi connectivity index (χ3v) is 6.76. The van der Waals surface area contributed by atoms with E-state index in [1.54, 1.807) is 12.1 Å². The zero-order chi connectivity index (χ0) is 30.7. The Morgan fingerprint density at radius 3 is 2.14 bits per heavy atom. The second kappa shape index (κ2) is 15.5. The Balaban J connectivity index is 0.000000616. The van der Waals surface area contributed by atoms with Crippen molar-refractivity contribution in [2.45, 2.75) is 56.8 Å². The van der Waals surface area contributed by atoms with Gasteiger partial charge in [0.2, 0.25) is 5.91 Å². The molecule has 2 atom stereocenters. The van der Waals surface area contributed by atoms with Crippen molar-refractivity contribution in [3.63, 3.8) is 0 Å². The minimum Gasteiger partial charge on any atom is -0.486 e. The van der Waals surface area contributed by atoms with Gasteiger partial charge in [0.1, 0.15) is 25.1 Å². The molecule has 2 aromatic carbocycles. The minimum atomic E-state index is -5.08. The number of benzene rings is 2. The van der Waals surface area contributed by atoms with E-state index in [9.17, 15) is 32.3 Å². The number of hydrogen-bond donors (Lipinski definition) is 3. The largest absolute Gasteiger partial charge is 0.490 e. The molecule has 2 aliphatic heterocycles. The summed E-state index contributed by atoms with van der Waals surface area (Å²) >= 11 is 0. The molecule has 2 aromatic rings. The Morgan fingerprint density at radius 1 is 0.929 bits per heavy atom. The third-order valence-electron chi connectivity index (χ3n) is 6.76. The molecule has 4 rings (SSSR count). The van der Waals surface area contributed by atoms with E-state index >= 15 is 0 Å². The van der Waals surface area contributed by atoms with Crippen LogP contribution in [0.5, 0.6) is 11.5 Å². The highest BCUT2D eigenvalue weighted by Gasteiger charge is 2.38. The van der Waals surface area contributed by atoms with Crippen LogP contribution in [0.25, 0.3) is 0 Å². The molecular weight excluding hydrogens is 564 g/mol. The number of fused-ring (bicyclic) bond motifs is 1. The van der Waals surface area contributed by atoms with Gasteiger partial charge in [0.15, 0.2) is 17.3 Å². The number of aliphatic carboxylic acids is 1. The van der Waals surface area contributed by atoms with Crippen molar-refractivity contribution in [3.05, 3.63) is 59.4 Å². The van der Waals surface area contributed by atoms with Gasteiger partial charge in [0.25, 0.3) is 0 Å². The Morgan fingerprint density at radius 2 is 1.52 bits per heavy atom. The van der Waals surface area contributed by atoms with Gasteiger partial charge >= 0.3 is 12.1 Å². The number of halogens is 4. The van der Waals surface area contributed by atoms with Crippen molar-refractivity contribution < 1.29 is 51.6 Å². The highest BCUT2D eigenvalue weighted by atomic mass is 19.4. The van der Waals surface area contributed by atoms with Crippen LogP contribution in [0.3, 0.4) is 0 Å². The molecule has 230 valence electrons. The first-order valence-corrected chi connectivity index (χ1v) is 13.6. The molecule has 1 amide bonds. The fraction of sp³-hybridized carbons (Fsp3) is 0.483. The van der Waals surface area contributed by atoms with Crippen LogP contribution >= 0.6 is 0 Å². The van der Waals surface area contributed by atoms with E-state index < -0.39 is 24.3 Å². The Hall–Kier alpha value is -3.71. The van der Waals surface area contributed by atoms with E-state index in [0.29, 0.717) is 61.6 Å². The summed E-state index contributed by atoms with van der Waals surface area (Å²) < 4.78 is 56.0. The molecule has 3 N–H and O–H groups in total. The third kappa shape index (κ3) is 10.3. The number of ketones is 1. The second-order valence-corrected chi connectivity index (χ2v) is 9.97. The molecule has 2 heterocycles. The summed E-state index contributed by atoms with van der Waals surface area (Å²) in [6.07, 6.45) is -2.07. The van der Waals surface area contributed by atoms with Crippen molar-refractivity contribution in [2.75, 3.05) is 32.8 Å². The first kappa shape index (κ1) is 32.8. The lowest BCUT2D eigenvalue weighted by atomic mass is 10.00. The monoisotopic (exact) mass is 598 g/mol. The van der Waals surface area contributed by atoms with E-state index in [-0.39, 0.29) is 23.9 Å². The van der Waals surface area contributed by atoms with Crippen molar-refractivity contribution in [2.24, 2.45) is 0 Å². The van der Waals surface area contributed by atoms with Gasteiger partial charge in [0, 0.05) is 24.9 Å². The number of nitrogens with zero attached hydrogens (tertiary/aromatic N) is 1. The van der Waals surface area contributed by atoms with Crippen LogP contribution in [0.15, 0.2) is 42.5 Å². The minimum absolute atomic E-state index is 0.0636. The number of rotatable bonds is 11. The number of ether oxygens (including phenoxy) is 2. The highest BCUT2D eigenvalue weighted by molar-refractivity contribution is 5.96. The number of hydrogen-bond acceptors (Lipinski definition) is 7. The van der Waals surface area contributed by atoms with Crippen molar-refractivity contribution >= 4 is 17.7 Å². The van der Waals surface area contributed by atoms with Gasteiger partial charge in [-0.1, -0.05) is 6.07 Å². The van der Waals surface area contributed by atoms with E-state index in [2.05, 4.69) is 10.2 Å².